The summed E-state index contributed by atoms with van der Waals surface area (Å²) >= 11 is 5.77. The normalized spacial score (nSPS) is 12.3. The lowest BCUT2D eigenvalue weighted by Crippen LogP contribution is -2.12. The molecular weight excluding hydrogens is 317 g/mol. The average molecular weight is 329 g/mol. The van der Waals surface area contributed by atoms with Crippen molar-refractivity contribution in [1.82, 2.24) is 4.98 Å². The second kappa shape index (κ2) is 6.79. The second-order valence-electron chi connectivity index (χ2n) is 4.46. The van der Waals surface area contributed by atoms with Gasteiger partial charge in [0, 0.05) is 16.8 Å². The van der Waals surface area contributed by atoms with Gasteiger partial charge in [0.1, 0.15) is 0 Å². The number of hydrogen-bond donors (Lipinski definition) is 0. The molecule has 7 heteroatoms. The number of hydrogen-bond acceptors (Lipinski definition) is 3. The number of pyridine rings is 1. The number of benzene rings is 1. The first kappa shape index (κ1) is 16.3. The maximum Gasteiger partial charge on any atom is 0.417 e. The minimum absolute atomic E-state index is 0.0695. The van der Waals surface area contributed by atoms with Gasteiger partial charge in [-0.1, -0.05) is 22.8 Å². The first-order valence-electron chi connectivity index (χ1n) is 6.31. The molecule has 22 heavy (non-hydrogen) atoms. The molecule has 0 atom stereocenters. The van der Waals surface area contributed by atoms with Gasteiger partial charge in [-0.2, -0.15) is 13.2 Å². The fraction of sp³-hybridized carbons (Fsp3) is 0.200. The van der Waals surface area contributed by atoms with Crippen LogP contribution in [0.1, 0.15) is 23.7 Å². The standard InChI is InChI=1S/C15H12ClF3N2O/c1-10(21-22-9-12-4-2-3-7-20-12)13-8-11(16)5-6-14(13)15(17,18)19/h2-8H,9H2,1H3/b21-10+. The lowest BCUT2D eigenvalue weighted by atomic mass is 10.0. The van der Waals surface area contributed by atoms with Crippen LogP contribution in [0.15, 0.2) is 47.8 Å². The van der Waals surface area contributed by atoms with Crippen molar-refractivity contribution in [3.8, 4) is 0 Å². The minimum atomic E-state index is -4.49. The highest BCUT2D eigenvalue weighted by Crippen LogP contribution is 2.33. The average Bonchev–Trinajstić information content (AvgIpc) is 2.47. The summed E-state index contributed by atoms with van der Waals surface area (Å²) in [4.78, 5) is 9.08. The van der Waals surface area contributed by atoms with Crippen molar-refractivity contribution in [3.63, 3.8) is 0 Å². The van der Waals surface area contributed by atoms with Gasteiger partial charge in [-0.25, -0.2) is 0 Å². The van der Waals surface area contributed by atoms with Crippen LogP contribution in [-0.4, -0.2) is 10.7 Å². The highest BCUT2D eigenvalue weighted by atomic mass is 35.5. The molecule has 0 radical (unpaired) electrons. The largest absolute Gasteiger partial charge is 0.417 e. The quantitative estimate of drug-likeness (QED) is 0.602. The van der Waals surface area contributed by atoms with E-state index in [1.165, 1.54) is 19.1 Å². The zero-order valence-corrected chi connectivity index (χ0v) is 12.3. The number of oxime groups is 1. The van der Waals surface area contributed by atoms with Crippen molar-refractivity contribution in [2.75, 3.05) is 0 Å². The van der Waals surface area contributed by atoms with E-state index in [2.05, 4.69) is 10.1 Å². The van der Waals surface area contributed by atoms with E-state index in [-0.39, 0.29) is 22.9 Å². The molecule has 0 aliphatic rings. The molecule has 2 aromatic rings. The first-order chi connectivity index (χ1) is 10.4. The molecule has 1 aromatic heterocycles. The molecule has 0 fully saturated rings. The maximum absolute atomic E-state index is 13.0. The van der Waals surface area contributed by atoms with E-state index >= 15 is 0 Å². The Kier molecular flexibility index (Phi) is 5.03. The number of aromatic nitrogens is 1. The number of rotatable bonds is 4. The van der Waals surface area contributed by atoms with Crippen LogP contribution in [0.2, 0.25) is 5.02 Å². The Morgan fingerprint density at radius 2 is 2.05 bits per heavy atom. The Bertz CT molecular complexity index is 672. The van der Waals surface area contributed by atoms with E-state index in [4.69, 9.17) is 16.4 Å². The molecule has 0 unspecified atom stereocenters. The molecule has 0 amide bonds. The Labute approximate surface area is 130 Å². The molecule has 0 aliphatic carbocycles. The lowest BCUT2D eigenvalue weighted by molar-refractivity contribution is -0.137. The van der Waals surface area contributed by atoms with Crippen LogP contribution in [0.5, 0.6) is 0 Å². The molecule has 0 saturated carbocycles. The second-order valence-corrected chi connectivity index (χ2v) is 4.90. The molecule has 0 saturated heterocycles. The molecular formula is C15H12ClF3N2O. The summed E-state index contributed by atoms with van der Waals surface area (Å²) in [5.41, 5.74) is -0.201. The topological polar surface area (TPSA) is 34.5 Å². The Hall–Kier alpha value is -2.08. The van der Waals surface area contributed by atoms with Gasteiger partial charge in [0.25, 0.3) is 0 Å². The van der Waals surface area contributed by atoms with E-state index in [1.807, 2.05) is 0 Å². The van der Waals surface area contributed by atoms with Crippen molar-refractivity contribution in [2.45, 2.75) is 19.7 Å². The van der Waals surface area contributed by atoms with Gasteiger partial charge in [-0.05, 0) is 37.3 Å². The van der Waals surface area contributed by atoms with E-state index in [1.54, 1.807) is 24.4 Å². The zero-order valence-electron chi connectivity index (χ0n) is 11.6. The van der Waals surface area contributed by atoms with Crippen molar-refractivity contribution in [2.24, 2.45) is 5.16 Å². The monoisotopic (exact) mass is 328 g/mol. The van der Waals surface area contributed by atoms with Gasteiger partial charge in [-0.15, -0.1) is 0 Å². The van der Waals surface area contributed by atoms with Crippen LogP contribution in [-0.2, 0) is 17.6 Å². The van der Waals surface area contributed by atoms with Crippen LogP contribution >= 0.6 is 11.6 Å². The van der Waals surface area contributed by atoms with Crippen molar-refractivity contribution in [1.29, 1.82) is 0 Å². The van der Waals surface area contributed by atoms with Crippen molar-refractivity contribution >= 4 is 17.3 Å². The molecule has 0 bridgehead atoms. The molecule has 1 heterocycles. The molecule has 0 N–H and O–H groups in total. The Morgan fingerprint density at radius 1 is 1.27 bits per heavy atom. The third kappa shape index (κ3) is 4.21. The van der Waals surface area contributed by atoms with Crippen LogP contribution in [0.25, 0.3) is 0 Å². The highest BCUT2D eigenvalue weighted by molar-refractivity contribution is 6.31. The highest BCUT2D eigenvalue weighted by Gasteiger charge is 2.34. The SMILES string of the molecule is C/C(=N\OCc1ccccn1)c1cc(Cl)ccc1C(F)(F)F. The zero-order chi connectivity index (χ0) is 16.2. The maximum atomic E-state index is 13.0. The van der Waals surface area contributed by atoms with Gasteiger partial charge in [0.05, 0.1) is 17.0 Å². The summed E-state index contributed by atoms with van der Waals surface area (Å²) in [5.74, 6) is 0. The summed E-state index contributed by atoms with van der Waals surface area (Å²) in [7, 11) is 0. The first-order valence-corrected chi connectivity index (χ1v) is 6.69. The third-order valence-electron chi connectivity index (χ3n) is 2.82. The van der Waals surface area contributed by atoms with Crippen LogP contribution < -0.4 is 0 Å². The smallest absolute Gasteiger partial charge is 0.389 e. The molecule has 0 aliphatic heterocycles. The summed E-state index contributed by atoms with van der Waals surface area (Å²) < 4.78 is 38.9. The van der Waals surface area contributed by atoms with Gasteiger partial charge in [-0.3, -0.25) is 4.98 Å². The fourth-order valence-electron chi connectivity index (χ4n) is 1.79. The molecule has 116 valence electrons. The predicted octanol–water partition coefficient (Wildman–Crippen LogP) is 4.69. The molecule has 1 aromatic carbocycles. The molecule has 2 rings (SSSR count). The van der Waals surface area contributed by atoms with Gasteiger partial charge in [0.15, 0.2) is 6.61 Å². The predicted molar refractivity (Wildman–Crippen MR) is 77.7 cm³/mol. The number of halogens is 4. The fourth-order valence-corrected chi connectivity index (χ4v) is 1.96. The summed E-state index contributed by atoms with van der Waals surface area (Å²) in [6.07, 6.45) is -2.90. The molecule has 0 spiro atoms. The Morgan fingerprint density at radius 3 is 2.68 bits per heavy atom. The Balaban J connectivity index is 2.19. The summed E-state index contributed by atoms with van der Waals surface area (Å²) in [5, 5.41) is 3.92. The van der Waals surface area contributed by atoms with Crippen LogP contribution in [0, 0.1) is 0 Å². The third-order valence-corrected chi connectivity index (χ3v) is 3.05. The number of nitrogens with zero attached hydrogens (tertiary/aromatic N) is 2. The number of alkyl halides is 3. The van der Waals surface area contributed by atoms with Crippen molar-refractivity contribution < 1.29 is 18.0 Å². The van der Waals surface area contributed by atoms with Crippen molar-refractivity contribution in [3.05, 3.63) is 64.4 Å². The van der Waals surface area contributed by atoms with Crippen LogP contribution in [0.4, 0.5) is 13.2 Å². The minimum Gasteiger partial charge on any atom is -0.389 e. The van der Waals surface area contributed by atoms with Gasteiger partial charge >= 0.3 is 6.18 Å². The summed E-state index contributed by atoms with van der Waals surface area (Å²) in [6, 6.07) is 8.59. The van der Waals surface area contributed by atoms with Gasteiger partial charge in [0.2, 0.25) is 0 Å². The lowest BCUT2D eigenvalue weighted by Gasteiger charge is -2.12. The van der Waals surface area contributed by atoms with E-state index < -0.39 is 11.7 Å². The van der Waals surface area contributed by atoms with Crippen LogP contribution in [0.3, 0.4) is 0 Å². The van der Waals surface area contributed by atoms with E-state index in [0.717, 1.165) is 6.07 Å². The molecule has 3 nitrogen and oxygen atoms in total. The summed E-state index contributed by atoms with van der Waals surface area (Å²) in [6.45, 7) is 1.50. The van der Waals surface area contributed by atoms with E-state index in [9.17, 15) is 13.2 Å². The van der Waals surface area contributed by atoms with Gasteiger partial charge < -0.3 is 4.84 Å². The van der Waals surface area contributed by atoms with E-state index in [0.29, 0.717) is 5.69 Å².